The molecule has 6 heteroatoms. The van der Waals surface area contributed by atoms with Gasteiger partial charge in [-0.05, 0) is 32.4 Å². The van der Waals surface area contributed by atoms with E-state index in [1.165, 1.54) is 0 Å². The van der Waals surface area contributed by atoms with Crippen molar-refractivity contribution in [1.29, 1.82) is 0 Å². The van der Waals surface area contributed by atoms with Gasteiger partial charge in [0.2, 0.25) is 5.91 Å². The summed E-state index contributed by atoms with van der Waals surface area (Å²) in [6.45, 7) is 5.06. The molecule has 1 amide bonds. The van der Waals surface area contributed by atoms with Crippen LogP contribution in [0.15, 0.2) is 18.2 Å². The molecular weight excluding hydrogens is 299 g/mol. The second-order valence-corrected chi connectivity index (χ2v) is 5.58. The van der Waals surface area contributed by atoms with E-state index in [0.717, 1.165) is 0 Å². The molecule has 0 spiro atoms. The second kappa shape index (κ2) is 8.47. The van der Waals surface area contributed by atoms with Crippen molar-refractivity contribution < 1.29 is 9.90 Å². The third-order valence-electron chi connectivity index (χ3n) is 2.91. The first-order valence-corrected chi connectivity index (χ1v) is 7.30. The molecule has 0 bridgehead atoms. The maximum absolute atomic E-state index is 12.0. The van der Waals surface area contributed by atoms with Gasteiger partial charge in [-0.2, -0.15) is 0 Å². The minimum atomic E-state index is -0.152. The summed E-state index contributed by atoms with van der Waals surface area (Å²) in [6, 6.07) is 5.33. The number of nitrogens with zero attached hydrogens (tertiary/aromatic N) is 1. The van der Waals surface area contributed by atoms with E-state index >= 15 is 0 Å². The lowest BCUT2D eigenvalue weighted by molar-refractivity contribution is -0.117. The Hall–Kier alpha value is -0.810. The summed E-state index contributed by atoms with van der Waals surface area (Å²) < 4.78 is 0. The molecule has 0 aliphatic heterocycles. The zero-order valence-corrected chi connectivity index (χ0v) is 13.2. The zero-order valence-electron chi connectivity index (χ0n) is 11.7. The number of carbonyl (C=O) groups is 1. The fourth-order valence-electron chi connectivity index (χ4n) is 1.77. The van der Waals surface area contributed by atoms with Crippen molar-refractivity contribution in [3.63, 3.8) is 0 Å². The normalized spacial score (nSPS) is 11.2. The molecule has 0 radical (unpaired) electrons. The highest BCUT2D eigenvalue weighted by Gasteiger charge is 2.15. The van der Waals surface area contributed by atoms with Gasteiger partial charge in [0.1, 0.15) is 0 Å². The Morgan fingerprint density at radius 3 is 2.70 bits per heavy atom. The van der Waals surface area contributed by atoms with E-state index in [9.17, 15) is 4.79 Å². The molecule has 0 saturated carbocycles. The van der Waals surface area contributed by atoms with Gasteiger partial charge in [0.05, 0.1) is 22.3 Å². The summed E-state index contributed by atoms with van der Waals surface area (Å²) in [5.74, 6) is -0.152. The molecule has 1 aromatic rings. The maximum atomic E-state index is 12.0. The van der Waals surface area contributed by atoms with Crippen molar-refractivity contribution in [1.82, 2.24) is 4.90 Å². The molecule has 1 rings (SSSR count). The Morgan fingerprint density at radius 2 is 2.10 bits per heavy atom. The number of carbonyl (C=O) groups excluding carboxylic acids is 1. The quantitative estimate of drug-likeness (QED) is 0.812. The van der Waals surface area contributed by atoms with Crippen LogP contribution in [0.25, 0.3) is 0 Å². The SMILES string of the molecule is CC(C)N(CCCO)CC(=O)Nc1cccc(Cl)c1Cl. The average molecular weight is 319 g/mol. The van der Waals surface area contributed by atoms with E-state index in [0.29, 0.717) is 28.7 Å². The first kappa shape index (κ1) is 17.2. The fourth-order valence-corrected chi connectivity index (χ4v) is 2.12. The van der Waals surface area contributed by atoms with E-state index in [1.54, 1.807) is 18.2 Å². The predicted molar refractivity (Wildman–Crippen MR) is 83.5 cm³/mol. The average Bonchev–Trinajstić information content (AvgIpc) is 2.39. The Balaban J connectivity index is 2.63. The van der Waals surface area contributed by atoms with Crippen molar-refractivity contribution in [3.8, 4) is 0 Å². The van der Waals surface area contributed by atoms with Gasteiger partial charge in [0, 0.05) is 19.2 Å². The van der Waals surface area contributed by atoms with E-state index < -0.39 is 0 Å². The summed E-state index contributed by atoms with van der Waals surface area (Å²) in [7, 11) is 0. The number of halogens is 2. The number of rotatable bonds is 7. The first-order valence-electron chi connectivity index (χ1n) is 6.54. The molecule has 2 N–H and O–H groups in total. The van der Waals surface area contributed by atoms with Crippen LogP contribution in [0, 0.1) is 0 Å². The molecule has 0 unspecified atom stereocenters. The van der Waals surface area contributed by atoms with E-state index in [2.05, 4.69) is 5.32 Å². The lowest BCUT2D eigenvalue weighted by atomic mass is 10.2. The second-order valence-electron chi connectivity index (χ2n) is 4.79. The Morgan fingerprint density at radius 1 is 1.40 bits per heavy atom. The molecule has 0 fully saturated rings. The van der Waals surface area contributed by atoms with E-state index in [-0.39, 0.29) is 25.1 Å². The van der Waals surface area contributed by atoms with Crippen LogP contribution >= 0.6 is 23.2 Å². The van der Waals surface area contributed by atoms with Crippen LogP contribution in [-0.4, -0.2) is 41.7 Å². The number of aliphatic hydroxyl groups excluding tert-OH is 1. The minimum absolute atomic E-state index is 0.116. The van der Waals surface area contributed by atoms with Crippen molar-refractivity contribution in [2.45, 2.75) is 26.3 Å². The molecule has 0 aromatic heterocycles. The lowest BCUT2D eigenvalue weighted by Gasteiger charge is -2.25. The zero-order chi connectivity index (χ0) is 15.1. The number of hydrogen-bond donors (Lipinski definition) is 2. The number of benzene rings is 1. The molecule has 112 valence electrons. The predicted octanol–water partition coefficient (Wildman–Crippen LogP) is 3.02. The van der Waals surface area contributed by atoms with Crippen molar-refractivity contribution in [2.75, 3.05) is 25.0 Å². The van der Waals surface area contributed by atoms with Crippen LogP contribution in [0.2, 0.25) is 10.0 Å². The van der Waals surface area contributed by atoms with Gasteiger partial charge in [-0.1, -0.05) is 29.3 Å². The summed E-state index contributed by atoms with van der Waals surface area (Å²) in [6.07, 6.45) is 0.642. The lowest BCUT2D eigenvalue weighted by Crippen LogP contribution is -2.39. The largest absolute Gasteiger partial charge is 0.396 e. The molecule has 0 saturated heterocycles. The Bertz CT molecular complexity index is 453. The summed E-state index contributed by atoms with van der Waals surface area (Å²) in [5.41, 5.74) is 0.509. The Kier molecular flexibility index (Phi) is 7.30. The highest BCUT2D eigenvalue weighted by atomic mass is 35.5. The van der Waals surface area contributed by atoms with Gasteiger partial charge in [-0.25, -0.2) is 0 Å². The van der Waals surface area contributed by atoms with E-state index in [4.69, 9.17) is 28.3 Å². The summed E-state index contributed by atoms with van der Waals surface area (Å²) in [4.78, 5) is 14.0. The number of anilines is 1. The van der Waals surface area contributed by atoms with Gasteiger partial charge < -0.3 is 10.4 Å². The number of amides is 1. The summed E-state index contributed by atoms with van der Waals surface area (Å²) in [5, 5.41) is 12.4. The molecule has 1 aromatic carbocycles. The van der Waals surface area contributed by atoms with Crippen molar-refractivity contribution in [2.24, 2.45) is 0 Å². The molecule has 20 heavy (non-hydrogen) atoms. The highest BCUT2D eigenvalue weighted by molar-refractivity contribution is 6.43. The third kappa shape index (κ3) is 5.29. The topological polar surface area (TPSA) is 52.6 Å². The van der Waals surface area contributed by atoms with Crippen LogP contribution in [0.5, 0.6) is 0 Å². The monoisotopic (exact) mass is 318 g/mol. The van der Waals surface area contributed by atoms with Gasteiger partial charge in [0.15, 0.2) is 0 Å². The van der Waals surface area contributed by atoms with Crippen LogP contribution in [0.3, 0.4) is 0 Å². The fraction of sp³-hybridized carbons (Fsp3) is 0.500. The molecule has 4 nitrogen and oxygen atoms in total. The van der Waals surface area contributed by atoms with Crippen molar-refractivity contribution in [3.05, 3.63) is 28.2 Å². The van der Waals surface area contributed by atoms with Crippen LogP contribution in [-0.2, 0) is 4.79 Å². The Labute approximate surface area is 129 Å². The van der Waals surface area contributed by atoms with Crippen LogP contribution < -0.4 is 5.32 Å². The van der Waals surface area contributed by atoms with E-state index in [1.807, 2.05) is 18.7 Å². The minimum Gasteiger partial charge on any atom is -0.396 e. The number of aliphatic hydroxyl groups is 1. The van der Waals surface area contributed by atoms with Gasteiger partial charge >= 0.3 is 0 Å². The molecule has 0 heterocycles. The van der Waals surface area contributed by atoms with Crippen LogP contribution in [0.1, 0.15) is 20.3 Å². The van der Waals surface area contributed by atoms with Gasteiger partial charge in [-0.3, -0.25) is 9.69 Å². The molecule has 0 aliphatic carbocycles. The number of hydrogen-bond acceptors (Lipinski definition) is 3. The smallest absolute Gasteiger partial charge is 0.238 e. The van der Waals surface area contributed by atoms with Gasteiger partial charge in [-0.15, -0.1) is 0 Å². The molecule has 0 aliphatic rings. The summed E-state index contributed by atoms with van der Waals surface area (Å²) >= 11 is 11.9. The van der Waals surface area contributed by atoms with Crippen molar-refractivity contribution >= 4 is 34.8 Å². The standard InChI is InChI=1S/C14H20Cl2N2O2/c1-10(2)18(7-4-8-19)9-13(20)17-12-6-3-5-11(15)14(12)16/h3,5-6,10,19H,4,7-9H2,1-2H3,(H,17,20). The molecule has 0 atom stereocenters. The van der Waals surface area contributed by atoms with Gasteiger partial charge in [0.25, 0.3) is 0 Å². The third-order valence-corrected chi connectivity index (χ3v) is 3.73. The maximum Gasteiger partial charge on any atom is 0.238 e. The number of nitrogens with one attached hydrogen (secondary N) is 1. The first-order chi connectivity index (χ1) is 9.45. The van der Waals surface area contributed by atoms with Crippen LogP contribution in [0.4, 0.5) is 5.69 Å². The molecular formula is C14H20Cl2N2O2. The highest BCUT2D eigenvalue weighted by Crippen LogP contribution is 2.29.